The van der Waals surface area contributed by atoms with E-state index >= 15 is 0 Å². The molecule has 1 atom stereocenters. The number of nitrogens with zero attached hydrogens (tertiary/aromatic N) is 1. The van der Waals surface area contributed by atoms with E-state index < -0.39 is 11.6 Å². The second-order valence-electron chi connectivity index (χ2n) is 6.82. The van der Waals surface area contributed by atoms with Gasteiger partial charge in [0.2, 0.25) is 0 Å². The highest BCUT2D eigenvalue weighted by Gasteiger charge is 2.27. The van der Waals surface area contributed by atoms with E-state index in [9.17, 15) is 9.90 Å². The van der Waals surface area contributed by atoms with Crippen LogP contribution in [0, 0.1) is 6.92 Å². The number of ether oxygens (including phenoxy) is 1. The number of H-pyrrole nitrogens is 1. The number of benzene rings is 1. The summed E-state index contributed by atoms with van der Waals surface area (Å²) in [6, 6.07) is 9.07. The normalized spacial score (nSPS) is 13.2. The smallest absolute Gasteiger partial charge is 0.319 e. The van der Waals surface area contributed by atoms with Gasteiger partial charge in [-0.1, -0.05) is 18.2 Å². The third kappa shape index (κ3) is 4.03. The third-order valence-electron chi connectivity index (χ3n) is 4.64. The maximum Gasteiger partial charge on any atom is 0.319 e. The maximum atomic E-state index is 12.6. The first-order valence-corrected chi connectivity index (χ1v) is 8.70. The summed E-state index contributed by atoms with van der Waals surface area (Å²) in [6.45, 7) is 3.50. The monoisotopic (exact) mass is 368 g/mol. The van der Waals surface area contributed by atoms with Crippen molar-refractivity contribution in [1.82, 2.24) is 15.3 Å². The number of aliphatic hydroxyl groups excluding tert-OH is 1. The van der Waals surface area contributed by atoms with Gasteiger partial charge in [-0.2, -0.15) is 0 Å². The van der Waals surface area contributed by atoms with Crippen molar-refractivity contribution >= 4 is 22.8 Å². The number of hydrogen-bond acceptors (Lipinski definition) is 4. The number of carbonyl (C=O) groups excluding carboxylic acids is 1. The molecule has 3 aromatic rings. The Labute approximate surface area is 157 Å². The molecule has 0 saturated carbocycles. The fourth-order valence-electron chi connectivity index (χ4n) is 3.10. The molecule has 3 rings (SSSR count). The Morgan fingerprint density at radius 2 is 2.11 bits per heavy atom. The van der Waals surface area contributed by atoms with E-state index in [-0.39, 0.29) is 6.61 Å². The minimum absolute atomic E-state index is 0.216. The number of hydrogen-bond donors (Lipinski definition) is 4. The van der Waals surface area contributed by atoms with E-state index in [4.69, 9.17) is 4.74 Å². The number of methoxy groups -OCH3 is 1. The number of aromatic amines is 1. The van der Waals surface area contributed by atoms with Gasteiger partial charge in [0.15, 0.2) is 0 Å². The van der Waals surface area contributed by atoms with Crippen molar-refractivity contribution < 1.29 is 14.6 Å². The van der Waals surface area contributed by atoms with Crippen molar-refractivity contribution in [1.29, 1.82) is 0 Å². The van der Waals surface area contributed by atoms with Gasteiger partial charge in [0, 0.05) is 18.0 Å². The van der Waals surface area contributed by atoms with Gasteiger partial charge in [-0.25, -0.2) is 9.78 Å². The Hall–Kier alpha value is -3.06. The van der Waals surface area contributed by atoms with Gasteiger partial charge in [0.1, 0.15) is 11.4 Å². The van der Waals surface area contributed by atoms with Crippen molar-refractivity contribution in [2.24, 2.45) is 0 Å². The summed E-state index contributed by atoms with van der Waals surface area (Å²) in [5, 5.41) is 16.5. The van der Waals surface area contributed by atoms with Gasteiger partial charge in [-0.05, 0) is 37.1 Å². The summed E-state index contributed by atoms with van der Waals surface area (Å²) in [4.78, 5) is 19.9. The topological polar surface area (TPSA) is 99.3 Å². The second-order valence-corrected chi connectivity index (χ2v) is 6.82. The molecule has 0 fully saturated rings. The first-order chi connectivity index (χ1) is 13.0. The van der Waals surface area contributed by atoms with Crippen LogP contribution in [-0.4, -0.2) is 40.4 Å². The minimum Gasteiger partial charge on any atom is -0.496 e. The SMILES string of the molecule is COc1ccccc1CC(C)(CO)NC(=O)Nc1cnc2[nH]ccc2c1C. The number of nitrogens with one attached hydrogen (secondary N) is 3. The summed E-state index contributed by atoms with van der Waals surface area (Å²) >= 11 is 0. The minimum atomic E-state index is -0.849. The standard InChI is InChI=1S/C20H24N4O3/c1-13-15-8-9-21-18(15)22-11-16(13)23-19(26)24-20(2,12-25)10-14-6-4-5-7-17(14)27-3/h4-9,11,25H,10,12H2,1-3H3,(H,21,22)(H2,23,24,26). The van der Waals surface area contributed by atoms with E-state index in [1.165, 1.54) is 0 Å². The van der Waals surface area contributed by atoms with Gasteiger partial charge in [-0.15, -0.1) is 0 Å². The Morgan fingerprint density at radius 3 is 2.85 bits per heavy atom. The number of fused-ring (bicyclic) bond motifs is 1. The Balaban J connectivity index is 1.74. The molecule has 0 radical (unpaired) electrons. The van der Waals surface area contributed by atoms with Crippen LogP contribution in [0.1, 0.15) is 18.1 Å². The fraction of sp³-hybridized carbons (Fsp3) is 0.300. The Kier molecular flexibility index (Phi) is 5.32. The third-order valence-corrected chi connectivity index (χ3v) is 4.64. The van der Waals surface area contributed by atoms with Crippen molar-refractivity contribution in [3.8, 4) is 5.75 Å². The number of aliphatic hydroxyl groups is 1. The Morgan fingerprint density at radius 1 is 1.33 bits per heavy atom. The number of urea groups is 1. The summed E-state index contributed by atoms with van der Waals surface area (Å²) in [5.74, 6) is 0.720. The zero-order valence-electron chi connectivity index (χ0n) is 15.7. The van der Waals surface area contributed by atoms with Gasteiger partial charge in [0.25, 0.3) is 0 Å². The molecular formula is C20H24N4O3. The average Bonchev–Trinajstić information content (AvgIpc) is 3.14. The highest BCUT2D eigenvalue weighted by Crippen LogP contribution is 2.24. The zero-order chi connectivity index (χ0) is 19.4. The molecule has 4 N–H and O–H groups in total. The highest BCUT2D eigenvalue weighted by atomic mass is 16.5. The largest absolute Gasteiger partial charge is 0.496 e. The van der Waals surface area contributed by atoms with E-state index in [1.807, 2.05) is 43.5 Å². The van der Waals surface area contributed by atoms with Crippen LogP contribution >= 0.6 is 0 Å². The molecule has 1 unspecified atom stereocenters. The lowest BCUT2D eigenvalue weighted by Gasteiger charge is -2.29. The van der Waals surface area contributed by atoms with Crippen LogP contribution in [0.2, 0.25) is 0 Å². The molecule has 0 bridgehead atoms. The molecule has 7 heteroatoms. The van der Waals surface area contributed by atoms with Crippen LogP contribution in [0.5, 0.6) is 5.75 Å². The number of para-hydroxylation sites is 1. The fourth-order valence-corrected chi connectivity index (χ4v) is 3.10. The summed E-state index contributed by atoms with van der Waals surface area (Å²) in [7, 11) is 1.60. The van der Waals surface area contributed by atoms with Gasteiger partial charge in [-0.3, -0.25) is 0 Å². The van der Waals surface area contributed by atoms with Crippen LogP contribution in [-0.2, 0) is 6.42 Å². The molecule has 2 heterocycles. The lowest BCUT2D eigenvalue weighted by Crippen LogP contribution is -2.52. The number of aryl methyl sites for hydroxylation is 1. The van der Waals surface area contributed by atoms with Crippen LogP contribution in [0.25, 0.3) is 11.0 Å². The van der Waals surface area contributed by atoms with Crippen molar-refractivity contribution in [2.45, 2.75) is 25.8 Å². The molecule has 0 spiro atoms. The summed E-state index contributed by atoms with van der Waals surface area (Å²) in [5.41, 5.74) is 2.38. The van der Waals surface area contributed by atoms with E-state index in [2.05, 4.69) is 20.6 Å². The second kappa shape index (κ2) is 7.67. The maximum absolute atomic E-state index is 12.6. The van der Waals surface area contributed by atoms with Crippen LogP contribution in [0.15, 0.2) is 42.7 Å². The van der Waals surface area contributed by atoms with E-state index in [0.717, 1.165) is 27.9 Å². The molecular weight excluding hydrogens is 344 g/mol. The predicted octanol–water partition coefficient (Wildman–Crippen LogP) is 3.00. The molecule has 2 amide bonds. The van der Waals surface area contributed by atoms with E-state index in [0.29, 0.717) is 12.1 Å². The van der Waals surface area contributed by atoms with Crippen molar-refractivity contribution in [3.63, 3.8) is 0 Å². The molecule has 0 aliphatic rings. The number of anilines is 1. The highest BCUT2D eigenvalue weighted by molar-refractivity contribution is 5.94. The number of pyridine rings is 1. The zero-order valence-corrected chi connectivity index (χ0v) is 15.7. The van der Waals surface area contributed by atoms with Gasteiger partial charge < -0.3 is 25.5 Å². The number of amides is 2. The quantitative estimate of drug-likeness (QED) is 0.537. The number of aromatic nitrogens is 2. The molecule has 0 aliphatic heterocycles. The lowest BCUT2D eigenvalue weighted by molar-refractivity contribution is 0.174. The predicted molar refractivity (Wildman–Crippen MR) is 105 cm³/mol. The lowest BCUT2D eigenvalue weighted by atomic mass is 9.93. The molecule has 142 valence electrons. The van der Waals surface area contributed by atoms with Crippen LogP contribution in [0.4, 0.5) is 10.5 Å². The average molecular weight is 368 g/mol. The molecule has 0 aliphatic carbocycles. The first-order valence-electron chi connectivity index (χ1n) is 8.70. The Bertz CT molecular complexity index is 953. The molecule has 0 saturated heterocycles. The van der Waals surface area contributed by atoms with Crippen LogP contribution < -0.4 is 15.4 Å². The molecule has 7 nitrogen and oxygen atoms in total. The molecule has 1 aromatic carbocycles. The number of carbonyl (C=O) groups is 1. The number of rotatable bonds is 6. The molecule has 27 heavy (non-hydrogen) atoms. The summed E-state index contributed by atoms with van der Waals surface area (Å²) in [6.07, 6.45) is 3.85. The van der Waals surface area contributed by atoms with E-state index in [1.54, 1.807) is 20.2 Å². The van der Waals surface area contributed by atoms with Crippen LogP contribution in [0.3, 0.4) is 0 Å². The van der Waals surface area contributed by atoms with Crippen molar-refractivity contribution in [2.75, 3.05) is 19.0 Å². The van der Waals surface area contributed by atoms with Gasteiger partial charge in [0.05, 0.1) is 31.1 Å². The first kappa shape index (κ1) is 18.7. The van der Waals surface area contributed by atoms with Crippen molar-refractivity contribution in [3.05, 3.63) is 53.9 Å². The summed E-state index contributed by atoms with van der Waals surface area (Å²) < 4.78 is 5.36. The van der Waals surface area contributed by atoms with Gasteiger partial charge >= 0.3 is 6.03 Å². The molecule has 2 aromatic heterocycles.